The molecule has 1 saturated carbocycles. The molecule has 0 bridgehead atoms. The molecule has 1 atom stereocenters. The number of benzene rings is 3. The zero-order valence-electron chi connectivity index (χ0n) is 22.5. The maximum absolute atomic E-state index is 14.0. The van der Waals surface area contributed by atoms with Crippen LogP contribution in [0.2, 0.25) is 5.02 Å². The van der Waals surface area contributed by atoms with E-state index in [2.05, 4.69) is 5.32 Å². The first-order valence-electron chi connectivity index (χ1n) is 13.2. The van der Waals surface area contributed by atoms with Crippen LogP contribution in [0.3, 0.4) is 0 Å². The van der Waals surface area contributed by atoms with Gasteiger partial charge >= 0.3 is 0 Å². The van der Waals surface area contributed by atoms with Gasteiger partial charge in [0.1, 0.15) is 18.4 Å². The molecule has 212 valence electrons. The number of halogens is 2. The summed E-state index contributed by atoms with van der Waals surface area (Å²) < 4.78 is 42.4. The van der Waals surface area contributed by atoms with Crippen LogP contribution in [0.4, 0.5) is 10.1 Å². The number of carbonyl (C=O) groups is 2. The Morgan fingerprint density at radius 2 is 1.68 bits per heavy atom. The Morgan fingerprint density at radius 3 is 2.30 bits per heavy atom. The van der Waals surface area contributed by atoms with E-state index in [4.69, 9.17) is 11.6 Å². The summed E-state index contributed by atoms with van der Waals surface area (Å²) in [4.78, 5) is 28.6. The summed E-state index contributed by atoms with van der Waals surface area (Å²) in [7, 11) is -4.17. The minimum Gasteiger partial charge on any atom is -0.352 e. The molecule has 1 aliphatic carbocycles. The van der Waals surface area contributed by atoms with Crippen molar-refractivity contribution < 1.29 is 22.4 Å². The van der Waals surface area contributed by atoms with E-state index in [1.165, 1.54) is 29.2 Å². The number of hydrogen-bond donors (Lipinski definition) is 1. The quantitative estimate of drug-likeness (QED) is 0.342. The minimum absolute atomic E-state index is 0.00279. The Labute approximate surface area is 240 Å². The Bertz CT molecular complexity index is 1450. The topological polar surface area (TPSA) is 86.8 Å². The summed E-state index contributed by atoms with van der Waals surface area (Å²) in [6.07, 6.45) is 3.82. The van der Waals surface area contributed by atoms with Gasteiger partial charge in [-0.25, -0.2) is 12.8 Å². The van der Waals surface area contributed by atoms with Crippen molar-refractivity contribution in [1.82, 2.24) is 10.2 Å². The molecular weight excluding hydrogens is 553 g/mol. The zero-order chi connectivity index (χ0) is 28.9. The third-order valence-electron chi connectivity index (χ3n) is 7.17. The van der Waals surface area contributed by atoms with E-state index < -0.39 is 34.3 Å². The van der Waals surface area contributed by atoms with E-state index in [-0.39, 0.29) is 23.4 Å². The SMILES string of the molecule is Cc1cc(Cl)ccc1N(CC(=O)N(Cc1ccc(F)cc1)[C@H](C)C(=O)NC1CCCC1)S(=O)(=O)c1ccccc1. The lowest BCUT2D eigenvalue weighted by Gasteiger charge is -2.33. The molecule has 0 radical (unpaired) electrons. The van der Waals surface area contributed by atoms with Crippen LogP contribution in [0.15, 0.2) is 77.7 Å². The first-order chi connectivity index (χ1) is 19.1. The third-order valence-corrected chi connectivity index (χ3v) is 9.18. The minimum atomic E-state index is -4.17. The number of rotatable bonds is 10. The van der Waals surface area contributed by atoms with E-state index in [0.29, 0.717) is 21.8 Å². The predicted molar refractivity (Wildman–Crippen MR) is 154 cm³/mol. The number of amides is 2. The molecule has 7 nitrogen and oxygen atoms in total. The Hall–Kier alpha value is -3.43. The summed E-state index contributed by atoms with van der Waals surface area (Å²) in [5.74, 6) is -1.32. The number of sulfonamides is 1. The highest BCUT2D eigenvalue weighted by Crippen LogP contribution is 2.29. The molecule has 1 aliphatic rings. The summed E-state index contributed by atoms with van der Waals surface area (Å²) in [6.45, 7) is 2.78. The van der Waals surface area contributed by atoms with Crippen LogP contribution in [0.25, 0.3) is 0 Å². The highest BCUT2D eigenvalue weighted by Gasteiger charge is 2.33. The molecule has 1 fully saturated rings. The molecule has 3 aromatic carbocycles. The average Bonchev–Trinajstić information content (AvgIpc) is 3.45. The van der Waals surface area contributed by atoms with Crippen LogP contribution in [-0.2, 0) is 26.2 Å². The number of nitrogens with one attached hydrogen (secondary N) is 1. The fourth-order valence-corrected chi connectivity index (χ4v) is 6.62. The molecule has 40 heavy (non-hydrogen) atoms. The van der Waals surface area contributed by atoms with Crippen molar-refractivity contribution in [2.75, 3.05) is 10.8 Å². The van der Waals surface area contributed by atoms with Gasteiger partial charge in [-0.1, -0.05) is 54.8 Å². The van der Waals surface area contributed by atoms with Crippen LogP contribution >= 0.6 is 11.6 Å². The lowest BCUT2D eigenvalue weighted by molar-refractivity contribution is -0.139. The second-order valence-electron chi connectivity index (χ2n) is 10.1. The Kier molecular flexibility index (Phi) is 9.48. The maximum Gasteiger partial charge on any atom is 0.264 e. The van der Waals surface area contributed by atoms with Crippen molar-refractivity contribution in [2.24, 2.45) is 0 Å². The summed E-state index contributed by atoms with van der Waals surface area (Å²) in [5, 5.41) is 3.46. The molecule has 0 aliphatic heterocycles. The average molecular weight is 586 g/mol. The van der Waals surface area contributed by atoms with Gasteiger partial charge in [0.05, 0.1) is 10.6 Å². The smallest absolute Gasteiger partial charge is 0.264 e. The van der Waals surface area contributed by atoms with Gasteiger partial charge in [-0.05, 0) is 80.3 Å². The first-order valence-corrected chi connectivity index (χ1v) is 15.1. The first kappa shape index (κ1) is 29.6. The van der Waals surface area contributed by atoms with Gasteiger partial charge in [0.15, 0.2) is 0 Å². The van der Waals surface area contributed by atoms with E-state index in [9.17, 15) is 22.4 Å². The molecular formula is C30H33ClFN3O4S. The lowest BCUT2D eigenvalue weighted by Crippen LogP contribution is -2.52. The van der Waals surface area contributed by atoms with Gasteiger partial charge in [-0.3, -0.25) is 13.9 Å². The number of carbonyl (C=O) groups excluding carboxylic acids is 2. The normalized spacial score (nSPS) is 14.5. The van der Waals surface area contributed by atoms with Crippen molar-refractivity contribution in [3.8, 4) is 0 Å². The van der Waals surface area contributed by atoms with Gasteiger partial charge in [0.2, 0.25) is 11.8 Å². The third kappa shape index (κ3) is 7.01. The highest BCUT2D eigenvalue weighted by molar-refractivity contribution is 7.92. The monoisotopic (exact) mass is 585 g/mol. The van der Waals surface area contributed by atoms with Crippen molar-refractivity contribution in [1.29, 1.82) is 0 Å². The molecule has 0 aromatic heterocycles. The second kappa shape index (κ2) is 12.8. The number of anilines is 1. The van der Waals surface area contributed by atoms with Crippen LogP contribution in [0.1, 0.15) is 43.7 Å². The molecule has 2 amide bonds. The Balaban J connectivity index is 1.70. The second-order valence-corrected chi connectivity index (χ2v) is 12.4. The predicted octanol–water partition coefficient (Wildman–Crippen LogP) is 5.46. The number of aryl methyl sites for hydroxylation is 1. The lowest BCUT2D eigenvalue weighted by atomic mass is 10.1. The van der Waals surface area contributed by atoms with Gasteiger partial charge in [-0.15, -0.1) is 0 Å². The fraction of sp³-hybridized carbons (Fsp3) is 0.333. The van der Waals surface area contributed by atoms with E-state index in [1.807, 2.05) is 0 Å². The van der Waals surface area contributed by atoms with Crippen LogP contribution in [-0.4, -0.2) is 43.8 Å². The van der Waals surface area contributed by atoms with Crippen LogP contribution in [0.5, 0.6) is 0 Å². The fourth-order valence-electron chi connectivity index (χ4n) is 4.89. The Morgan fingerprint density at radius 1 is 1.02 bits per heavy atom. The molecule has 1 N–H and O–H groups in total. The van der Waals surface area contributed by atoms with Gasteiger partial charge in [0, 0.05) is 17.6 Å². The standard InChI is InChI=1S/C30H33ClFN3O4S/c1-21-18-24(31)14-17-28(21)35(40(38,39)27-10-4-3-5-11-27)20-29(36)34(19-23-12-15-25(32)16-13-23)22(2)30(37)33-26-8-6-7-9-26/h3-5,10-18,22,26H,6-9,19-20H2,1-2H3,(H,33,37)/t22-/m1/s1. The molecule has 10 heteroatoms. The van der Waals surface area contributed by atoms with Crippen molar-refractivity contribution in [2.45, 2.75) is 63.1 Å². The van der Waals surface area contributed by atoms with Crippen LogP contribution in [0, 0.1) is 12.7 Å². The summed E-state index contributed by atoms with van der Waals surface area (Å²) in [5.41, 5.74) is 1.47. The zero-order valence-corrected chi connectivity index (χ0v) is 24.1. The van der Waals surface area contributed by atoms with Crippen molar-refractivity contribution in [3.63, 3.8) is 0 Å². The van der Waals surface area contributed by atoms with E-state index >= 15 is 0 Å². The molecule has 0 unspecified atom stereocenters. The van der Waals surface area contributed by atoms with E-state index in [1.54, 1.807) is 62.4 Å². The molecule has 0 saturated heterocycles. The maximum atomic E-state index is 14.0. The van der Waals surface area contributed by atoms with Crippen molar-refractivity contribution in [3.05, 3.63) is 94.8 Å². The summed E-state index contributed by atoms with van der Waals surface area (Å²) in [6, 6.07) is 17.4. The summed E-state index contributed by atoms with van der Waals surface area (Å²) >= 11 is 6.14. The van der Waals surface area contributed by atoms with Gasteiger partial charge in [0.25, 0.3) is 10.0 Å². The molecule has 4 rings (SSSR count). The number of nitrogens with zero attached hydrogens (tertiary/aromatic N) is 2. The number of hydrogen-bond acceptors (Lipinski definition) is 4. The molecule has 0 spiro atoms. The largest absolute Gasteiger partial charge is 0.352 e. The highest BCUT2D eigenvalue weighted by atomic mass is 35.5. The van der Waals surface area contributed by atoms with Gasteiger partial charge < -0.3 is 10.2 Å². The van der Waals surface area contributed by atoms with Crippen LogP contribution < -0.4 is 9.62 Å². The van der Waals surface area contributed by atoms with Gasteiger partial charge in [-0.2, -0.15) is 0 Å². The molecule has 0 heterocycles. The van der Waals surface area contributed by atoms with E-state index in [0.717, 1.165) is 30.0 Å². The molecule has 3 aromatic rings. The van der Waals surface area contributed by atoms with Crippen molar-refractivity contribution >= 4 is 39.1 Å².